The van der Waals surface area contributed by atoms with Gasteiger partial charge in [-0.1, -0.05) is 31.0 Å². The molecule has 0 N–H and O–H groups in total. The fraction of sp³-hybridized carbons (Fsp3) is 0.647. The third-order valence-corrected chi connectivity index (χ3v) is 5.54. The van der Waals surface area contributed by atoms with Crippen LogP contribution in [0.25, 0.3) is 0 Å². The summed E-state index contributed by atoms with van der Waals surface area (Å²) in [5.41, 5.74) is 3.07. The van der Waals surface area contributed by atoms with Crippen LogP contribution in [-0.4, -0.2) is 24.5 Å². The Hall–Kier alpha value is -0.530. The molecule has 0 bridgehead atoms. The van der Waals surface area contributed by atoms with E-state index in [1.54, 1.807) is 5.56 Å². The van der Waals surface area contributed by atoms with E-state index in [2.05, 4.69) is 37.1 Å². The highest BCUT2D eigenvalue weighted by molar-refractivity contribution is 6.30. The molecule has 1 aromatic carbocycles. The normalized spacial score (nSPS) is 31.4. The molecule has 3 rings (SSSR count). The highest BCUT2D eigenvalue weighted by Crippen LogP contribution is 2.43. The number of hydrogen-bond donors (Lipinski definition) is 0. The van der Waals surface area contributed by atoms with Crippen molar-refractivity contribution in [2.24, 2.45) is 5.92 Å². The zero-order chi connectivity index (χ0) is 13.4. The first kappa shape index (κ1) is 13.5. The Balaban J connectivity index is 1.98. The second-order valence-corrected chi connectivity index (χ2v) is 6.77. The molecule has 1 aliphatic heterocycles. The van der Waals surface area contributed by atoms with Crippen molar-refractivity contribution in [1.29, 1.82) is 0 Å². The summed E-state index contributed by atoms with van der Waals surface area (Å²) in [6.07, 6.45) is 6.61. The molecule has 0 radical (unpaired) electrons. The highest BCUT2D eigenvalue weighted by Gasteiger charge is 2.35. The quantitative estimate of drug-likeness (QED) is 0.731. The molecule has 0 spiro atoms. The molecule has 1 fully saturated rings. The molecule has 19 heavy (non-hydrogen) atoms. The van der Waals surface area contributed by atoms with Gasteiger partial charge in [-0.15, -0.1) is 0 Å². The van der Waals surface area contributed by atoms with Crippen LogP contribution in [0.2, 0.25) is 5.02 Å². The lowest BCUT2D eigenvalue weighted by molar-refractivity contribution is 0.146. The maximum atomic E-state index is 6.18. The Kier molecular flexibility index (Phi) is 3.86. The smallest absolute Gasteiger partial charge is 0.0408 e. The zero-order valence-electron chi connectivity index (χ0n) is 12.0. The molecule has 1 aromatic rings. The minimum Gasteiger partial charge on any atom is -0.302 e. The number of benzene rings is 1. The van der Waals surface area contributed by atoms with E-state index in [1.165, 1.54) is 37.8 Å². The number of rotatable bonds is 1. The summed E-state index contributed by atoms with van der Waals surface area (Å²) in [6, 6.07) is 7.32. The maximum Gasteiger partial charge on any atom is 0.0408 e. The van der Waals surface area contributed by atoms with Crippen LogP contribution in [0.1, 0.15) is 49.7 Å². The van der Waals surface area contributed by atoms with Crippen LogP contribution in [0, 0.1) is 5.92 Å². The lowest BCUT2D eigenvalue weighted by Crippen LogP contribution is -2.39. The molecule has 1 aliphatic carbocycles. The second-order valence-electron chi connectivity index (χ2n) is 6.33. The number of likely N-dealkylation sites (N-methyl/N-ethyl adjacent to an activating group) is 1. The highest BCUT2D eigenvalue weighted by atomic mass is 35.5. The third-order valence-electron chi connectivity index (χ3n) is 5.30. The summed E-state index contributed by atoms with van der Waals surface area (Å²) in [5, 5.41) is 0.891. The van der Waals surface area contributed by atoms with Crippen LogP contribution < -0.4 is 0 Å². The standard InChI is InChI=1S/C17H24ClN/c1-3-12-4-7-17-16(10-12)15-6-5-14(18)11-13(15)8-9-19(17)2/h5-6,11-12,16-17H,3-4,7-10H2,1-2H3. The summed E-state index contributed by atoms with van der Waals surface area (Å²) < 4.78 is 0. The largest absolute Gasteiger partial charge is 0.302 e. The van der Waals surface area contributed by atoms with Crippen LogP contribution in [0.5, 0.6) is 0 Å². The molecule has 0 aromatic heterocycles. The molecule has 0 amide bonds. The Morgan fingerprint density at radius 1 is 1.32 bits per heavy atom. The van der Waals surface area contributed by atoms with Gasteiger partial charge in [0.2, 0.25) is 0 Å². The number of fused-ring (bicyclic) bond motifs is 3. The minimum atomic E-state index is 0.721. The monoisotopic (exact) mass is 277 g/mol. The van der Waals surface area contributed by atoms with Crippen LogP contribution in [0.3, 0.4) is 0 Å². The van der Waals surface area contributed by atoms with E-state index in [0.717, 1.165) is 29.3 Å². The Morgan fingerprint density at radius 2 is 2.16 bits per heavy atom. The number of halogens is 1. The molecule has 3 atom stereocenters. The van der Waals surface area contributed by atoms with E-state index < -0.39 is 0 Å². The first-order valence-corrected chi connectivity index (χ1v) is 8.05. The van der Waals surface area contributed by atoms with Gasteiger partial charge in [0.25, 0.3) is 0 Å². The predicted octanol–water partition coefficient (Wildman–Crippen LogP) is 4.49. The molecule has 2 heteroatoms. The molecule has 3 unspecified atom stereocenters. The summed E-state index contributed by atoms with van der Waals surface area (Å²) >= 11 is 6.18. The van der Waals surface area contributed by atoms with Gasteiger partial charge < -0.3 is 4.90 Å². The Morgan fingerprint density at radius 3 is 2.95 bits per heavy atom. The topological polar surface area (TPSA) is 3.24 Å². The van der Waals surface area contributed by atoms with Gasteiger partial charge in [0.1, 0.15) is 0 Å². The van der Waals surface area contributed by atoms with E-state index in [0.29, 0.717) is 0 Å². The van der Waals surface area contributed by atoms with Crippen molar-refractivity contribution in [2.45, 2.75) is 51.0 Å². The predicted molar refractivity (Wildman–Crippen MR) is 81.9 cm³/mol. The van der Waals surface area contributed by atoms with Gasteiger partial charge in [-0.25, -0.2) is 0 Å². The molecule has 2 aliphatic rings. The van der Waals surface area contributed by atoms with Crippen molar-refractivity contribution in [3.05, 3.63) is 34.3 Å². The SMILES string of the molecule is CCC1CCC2C(C1)c1ccc(Cl)cc1CCN2C. The van der Waals surface area contributed by atoms with Gasteiger partial charge in [0.15, 0.2) is 0 Å². The van der Waals surface area contributed by atoms with Gasteiger partial charge in [0, 0.05) is 17.6 Å². The van der Waals surface area contributed by atoms with E-state index in [1.807, 2.05) is 0 Å². The zero-order valence-corrected chi connectivity index (χ0v) is 12.8. The maximum absolute atomic E-state index is 6.18. The summed E-state index contributed by atoms with van der Waals surface area (Å²) in [5.74, 6) is 1.63. The van der Waals surface area contributed by atoms with Gasteiger partial charge in [0.05, 0.1) is 0 Å². The first-order chi connectivity index (χ1) is 9.19. The van der Waals surface area contributed by atoms with E-state index >= 15 is 0 Å². The second kappa shape index (κ2) is 5.46. The van der Waals surface area contributed by atoms with Crippen molar-refractivity contribution < 1.29 is 0 Å². The van der Waals surface area contributed by atoms with Crippen LogP contribution in [0.4, 0.5) is 0 Å². The Labute approximate surface area is 121 Å². The lowest BCUT2D eigenvalue weighted by Gasteiger charge is -2.40. The summed E-state index contributed by atoms with van der Waals surface area (Å²) in [7, 11) is 2.30. The fourth-order valence-corrected chi connectivity index (χ4v) is 4.28. The van der Waals surface area contributed by atoms with Gasteiger partial charge in [-0.3, -0.25) is 0 Å². The van der Waals surface area contributed by atoms with Crippen LogP contribution in [-0.2, 0) is 6.42 Å². The van der Waals surface area contributed by atoms with Crippen molar-refractivity contribution in [3.63, 3.8) is 0 Å². The number of nitrogens with zero attached hydrogens (tertiary/aromatic N) is 1. The Bertz CT molecular complexity index is 457. The van der Waals surface area contributed by atoms with Crippen LogP contribution in [0.15, 0.2) is 18.2 Å². The third kappa shape index (κ3) is 2.55. The molecule has 0 saturated heterocycles. The first-order valence-electron chi connectivity index (χ1n) is 7.67. The summed E-state index contributed by atoms with van der Waals surface area (Å²) in [4.78, 5) is 2.59. The van der Waals surface area contributed by atoms with E-state index in [-0.39, 0.29) is 0 Å². The molecular formula is C17H24ClN. The fourth-order valence-electron chi connectivity index (χ4n) is 4.09. The van der Waals surface area contributed by atoms with E-state index in [4.69, 9.17) is 11.6 Å². The van der Waals surface area contributed by atoms with Gasteiger partial charge in [-0.2, -0.15) is 0 Å². The molecule has 1 heterocycles. The summed E-state index contributed by atoms with van der Waals surface area (Å²) in [6.45, 7) is 3.51. The average molecular weight is 278 g/mol. The molecule has 104 valence electrons. The molecular weight excluding hydrogens is 254 g/mol. The average Bonchev–Trinajstić information content (AvgIpc) is 2.56. The van der Waals surface area contributed by atoms with Crippen molar-refractivity contribution >= 4 is 11.6 Å². The van der Waals surface area contributed by atoms with Crippen molar-refractivity contribution in [3.8, 4) is 0 Å². The van der Waals surface area contributed by atoms with Crippen LogP contribution >= 0.6 is 11.6 Å². The van der Waals surface area contributed by atoms with Gasteiger partial charge in [-0.05, 0) is 67.8 Å². The van der Waals surface area contributed by atoms with Crippen molar-refractivity contribution in [1.82, 2.24) is 4.90 Å². The van der Waals surface area contributed by atoms with Crippen molar-refractivity contribution in [2.75, 3.05) is 13.6 Å². The lowest BCUT2D eigenvalue weighted by atomic mass is 9.73. The molecule has 1 nitrogen and oxygen atoms in total. The molecule has 1 saturated carbocycles. The minimum absolute atomic E-state index is 0.721. The number of hydrogen-bond acceptors (Lipinski definition) is 1. The van der Waals surface area contributed by atoms with E-state index in [9.17, 15) is 0 Å². The van der Waals surface area contributed by atoms with Gasteiger partial charge >= 0.3 is 0 Å².